The number of nitrogens with zero attached hydrogens (tertiary/aromatic N) is 3. The first-order chi connectivity index (χ1) is 11.0. The summed E-state index contributed by atoms with van der Waals surface area (Å²) in [4.78, 5) is 26.5. The maximum absolute atomic E-state index is 12.5. The molecule has 1 aliphatic rings. The lowest BCUT2D eigenvalue weighted by atomic mass is 10.1. The second-order valence-corrected chi connectivity index (χ2v) is 6.45. The average molecular weight is 317 g/mol. The number of rotatable bonds is 4. The van der Waals surface area contributed by atoms with Crippen LogP contribution in [0.25, 0.3) is 11.0 Å². The van der Waals surface area contributed by atoms with Gasteiger partial charge in [0.15, 0.2) is 0 Å². The Balaban J connectivity index is 1.78. The number of aliphatic hydroxyl groups is 1. The van der Waals surface area contributed by atoms with E-state index in [-0.39, 0.29) is 30.2 Å². The van der Waals surface area contributed by atoms with Gasteiger partial charge in [0.05, 0.1) is 17.1 Å². The van der Waals surface area contributed by atoms with Gasteiger partial charge >= 0.3 is 5.69 Å². The summed E-state index contributed by atoms with van der Waals surface area (Å²) in [7, 11) is 3.45. The van der Waals surface area contributed by atoms with Crippen molar-refractivity contribution in [1.29, 1.82) is 0 Å². The van der Waals surface area contributed by atoms with E-state index in [1.54, 1.807) is 23.6 Å². The lowest BCUT2D eigenvalue weighted by molar-refractivity contribution is -0.131. The maximum atomic E-state index is 12.5. The molecule has 0 radical (unpaired) electrons. The van der Waals surface area contributed by atoms with Crippen molar-refractivity contribution >= 4 is 16.9 Å². The number of benzene rings is 1. The molecule has 1 aliphatic carbocycles. The van der Waals surface area contributed by atoms with E-state index in [2.05, 4.69) is 0 Å². The number of carbonyl (C=O) groups is 1. The Morgan fingerprint density at radius 2 is 2.00 bits per heavy atom. The molecule has 1 fully saturated rings. The Morgan fingerprint density at radius 1 is 1.30 bits per heavy atom. The molecule has 1 aromatic heterocycles. The van der Waals surface area contributed by atoms with Crippen LogP contribution in [0.5, 0.6) is 0 Å². The monoisotopic (exact) mass is 317 g/mol. The number of para-hydroxylation sites is 2. The molecule has 1 saturated carbocycles. The first-order valence-electron chi connectivity index (χ1n) is 8.05. The molecule has 0 spiro atoms. The van der Waals surface area contributed by atoms with Gasteiger partial charge in [0.2, 0.25) is 5.91 Å². The number of likely N-dealkylation sites (N-methyl/N-ethyl adjacent to an activating group) is 1. The third-order valence-corrected chi connectivity index (χ3v) is 4.90. The Morgan fingerprint density at radius 3 is 2.65 bits per heavy atom. The summed E-state index contributed by atoms with van der Waals surface area (Å²) in [5.74, 6) is 0.0377. The third-order valence-electron chi connectivity index (χ3n) is 4.90. The van der Waals surface area contributed by atoms with E-state index in [4.69, 9.17) is 0 Å². The Hall–Kier alpha value is -2.08. The molecule has 6 nitrogen and oxygen atoms in total. The number of hydrogen-bond acceptors (Lipinski definition) is 3. The number of hydrogen-bond donors (Lipinski definition) is 1. The number of carbonyl (C=O) groups excluding carboxylic acids is 1. The van der Waals surface area contributed by atoms with E-state index in [1.807, 2.05) is 24.3 Å². The predicted molar refractivity (Wildman–Crippen MR) is 88.2 cm³/mol. The van der Waals surface area contributed by atoms with Crippen LogP contribution in [0.3, 0.4) is 0 Å². The molecule has 2 unspecified atom stereocenters. The van der Waals surface area contributed by atoms with Crippen molar-refractivity contribution in [3.8, 4) is 0 Å². The summed E-state index contributed by atoms with van der Waals surface area (Å²) in [6.45, 7) is 0.568. The molecule has 124 valence electrons. The van der Waals surface area contributed by atoms with Crippen LogP contribution in [0, 0.1) is 5.92 Å². The zero-order valence-electron chi connectivity index (χ0n) is 13.6. The summed E-state index contributed by atoms with van der Waals surface area (Å²) in [6, 6.07) is 7.46. The molecule has 2 atom stereocenters. The van der Waals surface area contributed by atoms with Gasteiger partial charge in [0.25, 0.3) is 0 Å². The van der Waals surface area contributed by atoms with Crippen molar-refractivity contribution in [2.75, 3.05) is 13.6 Å². The Labute approximate surface area is 134 Å². The molecular weight excluding hydrogens is 294 g/mol. The SMILES string of the molecule is CN(CC1CCCC1O)C(=O)Cn1c(=O)n(C)c2ccccc21. The number of amides is 1. The van der Waals surface area contributed by atoms with Crippen LogP contribution in [-0.2, 0) is 18.4 Å². The average Bonchev–Trinajstić information content (AvgIpc) is 3.05. The van der Waals surface area contributed by atoms with Gasteiger partial charge in [-0.2, -0.15) is 0 Å². The molecule has 0 bridgehead atoms. The van der Waals surface area contributed by atoms with Crippen molar-refractivity contribution in [2.45, 2.75) is 31.9 Å². The molecule has 1 N–H and O–H groups in total. The zero-order chi connectivity index (χ0) is 16.6. The second-order valence-electron chi connectivity index (χ2n) is 6.45. The van der Waals surface area contributed by atoms with E-state index in [9.17, 15) is 14.7 Å². The van der Waals surface area contributed by atoms with Crippen LogP contribution in [0.15, 0.2) is 29.1 Å². The molecule has 2 aromatic rings. The van der Waals surface area contributed by atoms with Crippen molar-refractivity contribution in [3.63, 3.8) is 0 Å². The Bertz CT molecular complexity index is 777. The lowest BCUT2D eigenvalue weighted by Gasteiger charge is -2.23. The lowest BCUT2D eigenvalue weighted by Crippen LogP contribution is -2.38. The quantitative estimate of drug-likeness (QED) is 0.913. The maximum Gasteiger partial charge on any atom is 0.329 e. The number of aromatic nitrogens is 2. The largest absolute Gasteiger partial charge is 0.393 e. The first kappa shape index (κ1) is 15.8. The molecule has 6 heteroatoms. The summed E-state index contributed by atoms with van der Waals surface area (Å²) in [5, 5.41) is 9.90. The van der Waals surface area contributed by atoms with Crippen molar-refractivity contribution in [2.24, 2.45) is 13.0 Å². The van der Waals surface area contributed by atoms with Crippen molar-refractivity contribution in [3.05, 3.63) is 34.7 Å². The van der Waals surface area contributed by atoms with Gasteiger partial charge in [-0.3, -0.25) is 13.9 Å². The summed E-state index contributed by atoms with van der Waals surface area (Å²) in [6.07, 6.45) is 2.46. The minimum atomic E-state index is -0.314. The zero-order valence-corrected chi connectivity index (χ0v) is 13.6. The third kappa shape index (κ3) is 2.91. The first-order valence-corrected chi connectivity index (χ1v) is 8.05. The molecule has 0 saturated heterocycles. The fraction of sp³-hybridized carbons (Fsp3) is 0.529. The number of imidazole rings is 1. The van der Waals surface area contributed by atoms with Crippen LogP contribution in [0.1, 0.15) is 19.3 Å². The highest BCUT2D eigenvalue weighted by atomic mass is 16.3. The minimum absolute atomic E-state index is 0.0273. The molecule has 1 amide bonds. The number of aryl methyl sites for hydroxylation is 1. The van der Waals surface area contributed by atoms with Crippen LogP contribution in [-0.4, -0.2) is 44.7 Å². The smallest absolute Gasteiger partial charge is 0.329 e. The van der Waals surface area contributed by atoms with Gasteiger partial charge in [-0.1, -0.05) is 18.6 Å². The van der Waals surface area contributed by atoms with Gasteiger partial charge < -0.3 is 10.0 Å². The van der Waals surface area contributed by atoms with Crippen LogP contribution in [0.4, 0.5) is 0 Å². The molecule has 1 heterocycles. The predicted octanol–water partition coefficient (Wildman–Crippen LogP) is 0.959. The van der Waals surface area contributed by atoms with E-state index >= 15 is 0 Å². The van der Waals surface area contributed by atoms with Gasteiger partial charge in [-0.15, -0.1) is 0 Å². The normalized spacial score (nSPS) is 21.0. The fourth-order valence-corrected chi connectivity index (χ4v) is 3.46. The summed E-state index contributed by atoms with van der Waals surface area (Å²) in [5.41, 5.74) is 1.40. The second kappa shape index (κ2) is 6.20. The van der Waals surface area contributed by atoms with Crippen molar-refractivity contribution in [1.82, 2.24) is 14.0 Å². The van der Waals surface area contributed by atoms with E-state index in [0.29, 0.717) is 6.54 Å². The Kier molecular flexibility index (Phi) is 4.26. The molecule has 1 aromatic carbocycles. The van der Waals surface area contributed by atoms with E-state index in [0.717, 1.165) is 30.3 Å². The summed E-state index contributed by atoms with van der Waals surface area (Å²) < 4.78 is 3.07. The van der Waals surface area contributed by atoms with E-state index in [1.165, 1.54) is 4.57 Å². The minimum Gasteiger partial charge on any atom is -0.393 e. The molecular formula is C17H23N3O3. The number of aliphatic hydroxyl groups excluding tert-OH is 1. The van der Waals surface area contributed by atoms with Gasteiger partial charge in [0, 0.05) is 26.6 Å². The highest BCUT2D eigenvalue weighted by Gasteiger charge is 2.27. The highest BCUT2D eigenvalue weighted by molar-refractivity contribution is 5.80. The summed E-state index contributed by atoms with van der Waals surface area (Å²) >= 11 is 0. The van der Waals surface area contributed by atoms with E-state index < -0.39 is 0 Å². The topological polar surface area (TPSA) is 67.5 Å². The van der Waals surface area contributed by atoms with Gasteiger partial charge in [-0.25, -0.2) is 4.79 Å². The van der Waals surface area contributed by atoms with Gasteiger partial charge in [-0.05, 0) is 25.0 Å². The molecule has 3 rings (SSSR count). The molecule has 0 aliphatic heterocycles. The molecule has 23 heavy (non-hydrogen) atoms. The van der Waals surface area contributed by atoms with Crippen LogP contribution >= 0.6 is 0 Å². The highest BCUT2D eigenvalue weighted by Crippen LogP contribution is 2.26. The fourth-order valence-electron chi connectivity index (χ4n) is 3.46. The van der Waals surface area contributed by atoms with Gasteiger partial charge in [0.1, 0.15) is 6.54 Å². The van der Waals surface area contributed by atoms with Crippen molar-refractivity contribution < 1.29 is 9.90 Å². The van der Waals surface area contributed by atoms with Crippen LogP contribution < -0.4 is 5.69 Å². The number of fused-ring (bicyclic) bond motifs is 1. The standard InChI is InChI=1S/C17H23N3O3/c1-18(10-12-6-5-9-15(12)21)16(22)11-20-14-8-4-3-7-13(14)19(2)17(20)23/h3-4,7-8,12,15,21H,5-6,9-11H2,1-2H3. The van der Waals surface area contributed by atoms with Crippen LogP contribution in [0.2, 0.25) is 0 Å².